The van der Waals surface area contributed by atoms with Crippen LogP contribution in [0.5, 0.6) is 0 Å². The predicted molar refractivity (Wildman–Crippen MR) is 92.6 cm³/mol. The molecule has 0 aliphatic carbocycles. The van der Waals surface area contributed by atoms with E-state index in [1.165, 1.54) is 6.07 Å². The highest BCUT2D eigenvalue weighted by molar-refractivity contribution is 5.85. The number of anilines is 1. The molecule has 0 aliphatic rings. The van der Waals surface area contributed by atoms with Crippen LogP contribution in [0.15, 0.2) is 29.0 Å². The molecule has 0 radical (unpaired) electrons. The first-order chi connectivity index (χ1) is 13.8. The monoisotopic (exact) mass is 400 g/mol. The molecule has 0 saturated heterocycles. The van der Waals surface area contributed by atoms with Gasteiger partial charge in [-0.05, 0) is 35.4 Å². The summed E-state index contributed by atoms with van der Waals surface area (Å²) >= 11 is 0. The lowest BCUT2D eigenvalue weighted by Crippen LogP contribution is -2.09. The van der Waals surface area contributed by atoms with Crippen LogP contribution in [-0.4, -0.2) is 30.1 Å². The minimum atomic E-state index is -4.58. The molecule has 0 aromatic carbocycles. The van der Waals surface area contributed by atoms with E-state index in [-0.39, 0.29) is 23.4 Å². The molecule has 0 atom stereocenters. The molecule has 0 aliphatic heterocycles. The summed E-state index contributed by atoms with van der Waals surface area (Å²) in [6.07, 6.45) is -3.23. The molecule has 2 N–H and O–H groups in total. The van der Waals surface area contributed by atoms with Crippen LogP contribution in [0, 0.1) is 18.3 Å². The summed E-state index contributed by atoms with van der Waals surface area (Å²) in [6, 6.07) is 5.76. The maximum absolute atomic E-state index is 12.8. The molecule has 12 heteroatoms. The van der Waals surface area contributed by atoms with Crippen LogP contribution in [0.2, 0.25) is 0 Å². The molecule has 0 bridgehead atoms. The first kappa shape index (κ1) is 18.4. The van der Waals surface area contributed by atoms with Crippen molar-refractivity contribution in [2.24, 2.45) is 0 Å². The Kier molecular flexibility index (Phi) is 4.15. The number of nitrogens with zero attached hydrogens (tertiary/aromatic N) is 7. The van der Waals surface area contributed by atoms with Gasteiger partial charge in [0.25, 0.3) is 0 Å². The number of hydrogen-bond acceptors (Lipinski definition) is 8. The van der Waals surface area contributed by atoms with E-state index in [2.05, 4.69) is 30.0 Å². The molecule has 9 nitrogen and oxygen atoms in total. The minimum Gasteiger partial charge on any atom is -0.396 e. The van der Waals surface area contributed by atoms with Gasteiger partial charge >= 0.3 is 6.18 Å². The normalized spacial score (nSPS) is 11.7. The first-order valence-electron chi connectivity index (χ1n) is 8.18. The average molecular weight is 400 g/mol. The van der Waals surface area contributed by atoms with Gasteiger partial charge in [0.2, 0.25) is 5.65 Å². The second-order valence-corrected chi connectivity index (χ2v) is 6.13. The summed E-state index contributed by atoms with van der Waals surface area (Å²) in [5.74, 6) is 0. The molecule has 4 aromatic heterocycles. The zero-order valence-corrected chi connectivity index (χ0v) is 14.8. The van der Waals surface area contributed by atoms with Crippen molar-refractivity contribution in [1.29, 1.82) is 5.26 Å². The topological polar surface area (TPSA) is 132 Å². The summed E-state index contributed by atoms with van der Waals surface area (Å²) in [5.41, 5.74) is 7.76. The first-order valence-corrected chi connectivity index (χ1v) is 8.18. The van der Waals surface area contributed by atoms with Crippen molar-refractivity contribution in [3.05, 3.63) is 52.7 Å². The van der Waals surface area contributed by atoms with Gasteiger partial charge in [0, 0.05) is 29.6 Å². The Morgan fingerprint density at radius 3 is 2.69 bits per heavy atom. The Hall–Kier alpha value is -4.01. The molecular weight excluding hydrogens is 389 g/mol. The van der Waals surface area contributed by atoms with Crippen LogP contribution in [0.3, 0.4) is 0 Å². The third-order valence-electron chi connectivity index (χ3n) is 4.28. The third-order valence-corrected chi connectivity index (χ3v) is 4.28. The molecule has 4 rings (SSSR count). The lowest BCUT2D eigenvalue weighted by molar-refractivity contribution is -0.141. The Bertz CT molecular complexity index is 1270. The van der Waals surface area contributed by atoms with Gasteiger partial charge < -0.3 is 5.73 Å². The van der Waals surface area contributed by atoms with Gasteiger partial charge in [-0.2, -0.15) is 23.5 Å². The van der Waals surface area contributed by atoms with Gasteiger partial charge in [-0.15, -0.1) is 0 Å². The fraction of sp³-hybridized carbons (Fsp3) is 0.176. The molecule has 4 aromatic rings. The predicted octanol–water partition coefficient (Wildman–Crippen LogP) is 2.57. The number of pyridine rings is 2. The number of hydrogen-bond donors (Lipinski definition) is 1. The lowest BCUT2D eigenvalue weighted by Gasteiger charge is -2.10. The van der Waals surface area contributed by atoms with Crippen molar-refractivity contribution in [2.75, 3.05) is 5.73 Å². The van der Waals surface area contributed by atoms with Crippen LogP contribution in [0.25, 0.3) is 16.9 Å². The Morgan fingerprint density at radius 2 is 2.00 bits per heavy atom. The van der Waals surface area contributed by atoms with Crippen LogP contribution in [0.1, 0.15) is 28.3 Å². The molecule has 146 valence electrons. The Morgan fingerprint density at radius 1 is 1.21 bits per heavy atom. The maximum Gasteiger partial charge on any atom is 0.435 e. The van der Waals surface area contributed by atoms with E-state index in [0.29, 0.717) is 28.2 Å². The smallest absolute Gasteiger partial charge is 0.396 e. The van der Waals surface area contributed by atoms with Crippen molar-refractivity contribution in [3.8, 4) is 11.8 Å². The number of fused-ring (bicyclic) bond motifs is 1. The van der Waals surface area contributed by atoms with E-state index in [1.807, 2.05) is 6.07 Å². The van der Waals surface area contributed by atoms with Crippen LogP contribution >= 0.6 is 0 Å². The third kappa shape index (κ3) is 3.22. The van der Waals surface area contributed by atoms with Gasteiger partial charge in [0.15, 0.2) is 16.9 Å². The molecule has 0 saturated carbocycles. The second-order valence-electron chi connectivity index (χ2n) is 6.13. The van der Waals surface area contributed by atoms with Crippen molar-refractivity contribution in [1.82, 2.24) is 30.1 Å². The molecule has 4 heterocycles. The summed E-state index contributed by atoms with van der Waals surface area (Å²) < 4.78 is 43.9. The average Bonchev–Trinajstić information content (AvgIpc) is 3.34. The summed E-state index contributed by atoms with van der Waals surface area (Å²) in [6.45, 7) is 1.74. The number of alkyl halides is 3. The summed E-state index contributed by atoms with van der Waals surface area (Å²) in [4.78, 5) is 8.50. The molecule has 0 fully saturated rings. The van der Waals surface area contributed by atoms with Crippen molar-refractivity contribution < 1.29 is 17.8 Å². The van der Waals surface area contributed by atoms with Crippen molar-refractivity contribution in [2.45, 2.75) is 19.5 Å². The van der Waals surface area contributed by atoms with E-state index >= 15 is 0 Å². The van der Waals surface area contributed by atoms with E-state index < -0.39 is 11.9 Å². The highest BCUT2D eigenvalue weighted by Crippen LogP contribution is 2.29. The largest absolute Gasteiger partial charge is 0.435 e. The molecular formula is C17H11F3N8O. The van der Waals surface area contributed by atoms with Crippen LogP contribution < -0.4 is 5.73 Å². The van der Waals surface area contributed by atoms with E-state index in [1.54, 1.807) is 13.0 Å². The number of aromatic nitrogens is 6. The van der Waals surface area contributed by atoms with Gasteiger partial charge in [-0.25, -0.2) is 19.3 Å². The SMILES string of the molecule is Cc1nc2nonc2c(N)c1Cc1ccc(-n2ccc(C(F)(F)F)n2)c(C#N)n1. The number of nitriles is 1. The molecule has 0 unspecified atom stereocenters. The fourth-order valence-corrected chi connectivity index (χ4v) is 2.86. The molecule has 0 amide bonds. The number of nitrogens with two attached hydrogens (primary N) is 1. The zero-order valence-electron chi connectivity index (χ0n) is 14.8. The Balaban J connectivity index is 1.71. The lowest BCUT2D eigenvalue weighted by atomic mass is 10.0. The summed E-state index contributed by atoms with van der Waals surface area (Å²) in [5, 5.41) is 20.3. The van der Waals surface area contributed by atoms with Gasteiger partial charge in [-0.3, -0.25) is 0 Å². The second kappa shape index (κ2) is 6.55. The van der Waals surface area contributed by atoms with Gasteiger partial charge in [0.05, 0.1) is 5.69 Å². The highest BCUT2D eigenvalue weighted by Gasteiger charge is 2.33. The van der Waals surface area contributed by atoms with E-state index in [4.69, 9.17) is 5.73 Å². The number of nitrogen functional groups attached to an aromatic ring is 1. The molecule has 29 heavy (non-hydrogen) atoms. The summed E-state index contributed by atoms with van der Waals surface area (Å²) in [7, 11) is 0. The van der Waals surface area contributed by atoms with Crippen LogP contribution in [0.4, 0.5) is 18.9 Å². The number of halogens is 3. The zero-order chi connectivity index (χ0) is 20.8. The van der Waals surface area contributed by atoms with Crippen LogP contribution in [-0.2, 0) is 12.6 Å². The standard InChI is InChI=1S/C17H11F3N8O/c1-8-10(14(22)15-16(23-8)27-29-26-15)6-9-2-3-12(11(7-21)24-9)28-5-4-13(25-28)17(18,19)20/h2-5H,6,22H2,1H3. The highest BCUT2D eigenvalue weighted by atomic mass is 19.4. The number of aryl methyl sites for hydroxylation is 1. The van der Waals surface area contributed by atoms with E-state index in [9.17, 15) is 18.4 Å². The van der Waals surface area contributed by atoms with E-state index in [0.717, 1.165) is 16.9 Å². The van der Waals surface area contributed by atoms with Gasteiger partial charge in [-0.1, -0.05) is 0 Å². The Labute approximate surface area is 160 Å². The van der Waals surface area contributed by atoms with Crippen molar-refractivity contribution >= 4 is 16.9 Å². The van der Waals surface area contributed by atoms with Gasteiger partial charge in [0.1, 0.15) is 11.8 Å². The van der Waals surface area contributed by atoms with Crippen molar-refractivity contribution in [3.63, 3.8) is 0 Å². The maximum atomic E-state index is 12.8. The minimum absolute atomic E-state index is 0.0762. The fourth-order valence-electron chi connectivity index (χ4n) is 2.86. The quantitative estimate of drug-likeness (QED) is 0.555. The molecule has 0 spiro atoms. The number of rotatable bonds is 3.